The Balaban J connectivity index is 2.68. The van der Waals surface area contributed by atoms with Gasteiger partial charge < -0.3 is 5.32 Å². The first-order valence-electron chi connectivity index (χ1n) is 6.64. The lowest BCUT2D eigenvalue weighted by molar-refractivity contribution is 0.377. The van der Waals surface area contributed by atoms with Crippen molar-refractivity contribution in [3.8, 4) is 0 Å². The Hall–Kier alpha value is -0.860. The van der Waals surface area contributed by atoms with E-state index in [2.05, 4.69) is 32.7 Å². The first-order valence-corrected chi connectivity index (χ1v) is 7.02. The molecule has 1 nitrogen and oxygen atoms in total. The average Bonchev–Trinajstić information content (AvgIpc) is 2.33. The molecule has 0 saturated carbocycles. The van der Waals surface area contributed by atoms with E-state index in [1.165, 1.54) is 6.07 Å². The second kappa shape index (κ2) is 7.06. The van der Waals surface area contributed by atoms with Gasteiger partial charge in [0.15, 0.2) is 0 Å². The summed E-state index contributed by atoms with van der Waals surface area (Å²) in [6.07, 6.45) is 2.68. The number of nitrogens with one attached hydrogen (secondary N) is 1. The van der Waals surface area contributed by atoms with Crippen LogP contribution in [-0.4, -0.2) is 13.1 Å². The van der Waals surface area contributed by atoms with E-state index < -0.39 is 0 Å². The highest BCUT2D eigenvalue weighted by Gasteiger charge is 2.21. The first-order chi connectivity index (χ1) is 8.86. The maximum atomic E-state index is 13.4. The van der Waals surface area contributed by atoms with Gasteiger partial charge in [-0.2, -0.15) is 0 Å². The van der Waals surface area contributed by atoms with Crippen molar-refractivity contribution in [2.75, 3.05) is 13.1 Å². The summed E-state index contributed by atoms with van der Waals surface area (Å²) < 4.78 is 13.4. The van der Waals surface area contributed by atoms with Crippen LogP contribution in [0.25, 0.3) is 0 Å². The lowest BCUT2D eigenvalue weighted by Gasteiger charge is -2.27. The molecule has 0 aliphatic heterocycles. The van der Waals surface area contributed by atoms with Crippen molar-refractivity contribution in [1.29, 1.82) is 0 Å². The second-order valence-corrected chi connectivity index (χ2v) is 6.22. The lowest BCUT2D eigenvalue weighted by Crippen LogP contribution is -2.34. The summed E-state index contributed by atoms with van der Waals surface area (Å²) in [5.74, 6) is 0.253. The highest BCUT2D eigenvalue weighted by atomic mass is 35.5. The van der Waals surface area contributed by atoms with E-state index in [9.17, 15) is 4.39 Å². The van der Waals surface area contributed by atoms with E-state index in [1.54, 1.807) is 6.07 Å². The topological polar surface area (TPSA) is 12.0 Å². The first kappa shape index (κ1) is 16.2. The van der Waals surface area contributed by atoms with E-state index in [0.29, 0.717) is 5.92 Å². The smallest absolute Gasteiger partial charge is 0.142 e. The van der Waals surface area contributed by atoms with Crippen molar-refractivity contribution >= 4 is 11.6 Å². The molecule has 0 aliphatic carbocycles. The minimum Gasteiger partial charge on any atom is -0.316 e. The van der Waals surface area contributed by atoms with Gasteiger partial charge in [-0.3, -0.25) is 0 Å². The van der Waals surface area contributed by atoms with Crippen LogP contribution in [0.1, 0.15) is 26.3 Å². The fraction of sp³-hybridized carbons (Fsp3) is 0.500. The number of rotatable bonds is 7. The van der Waals surface area contributed by atoms with E-state index in [-0.39, 0.29) is 16.3 Å². The van der Waals surface area contributed by atoms with Gasteiger partial charge in [0.05, 0.1) is 5.02 Å². The van der Waals surface area contributed by atoms with E-state index in [1.807, 2.05) is 12.1 Å². The van der Waals surface area contributed by atoms with E-state index in [0.717, 1.165) is 25.1 Å². The molecule has 0 spiro atoms. The van der Waals surface area contributed by atoms with Gasteiger partial charge in [-0.15, -0.1) is 6.58 Å². The molecule has 1 rings (SSSR count). The standard InChI is InChI=1S/C16H23ClFN/c1-5-16(4,11-19-10-12(2)3)9-13-6-7-14(17)15(18)8-13/h5-8,12,19H,1,9-11H2,2-4H3. The van der Waals surface area contributed by atoms with Crippen LogP contribution in [0.5, 0.6) is 0 Å². The lowest BCUT2D eigenvalue weighted by atomic mass is 9.83. The van der Waals surface area contributed by atoms with Crippen LogP contribution in [-0.2, 0) is 6.42 Å². The zero-order valence-electron chi connectivity index (χ0n) is 12.0. The van der Waals surface area contributed by atoms with Crippen LogP contribution in [0.4, 0.5) is 4.39 Å². The summed E-state index contributed by atoms with van der Waals surface area (Å²) in [6, 6.07) is 4.99. The summed E-state index contributed by atoms with van der Waals surface area (Å²) in [4.78, 5) is 0. The molecule has 0 aliphatic rings. The van der Waals surface area contributed by atoms with E-state index in [4.69, 9.17) is 11.6 Å². The number of benzene rings is 1. The largest absolute Gasteiger partial charge is 0.316 e. The van der Waals surface area contributed by atoms with Crippen molar-refractivity contribution < 1.29 is 4.39 Å². The quantitative estimate of drug-likeness (QED) is 0.729. The van der Waals surface area contributed by atoms with Crippen LogP contribution < -0.4 is 5.32 Å². The Bertz CT molecular complexity index is 431. The minimum atomic E-state index is -0.360. The van der Waals surface area contributed by atoms with E-state index >= 15 is 0 Å². The zero-order chi connectivity index (χ0) is 14.5. The van der Waals surface area contributed by atoms with Gasteiger partial charge in [0.25, 0.3) is 0 Å². The Kier molecular flexibility index (Phi) is 6.02. The summed E-state index contributed by atoms with van der Waals surface area (Å²) in [6.45, 7) is 12.2. The average molecular weight is 284 g/mol. The summed E-state index contributed by atoms with van der Waals surface area (Å²) in [5.41, 5.74) is 0.852. The predicted molar refractivity (Wildman–Crippen MR) is 81.1 cm³/mol. The van der Waals surface area contributed by atoms with Gasteiger partial charge >= 0.3 is 0 Å². The Morgan fingerprint density at radius 3 is 2.68 bits per heavy atom. The van der Waals surface area contributed by atoms with Gasteiger partial charge in [-0.25, -0.2) is 4.39 Å². The molecule has 1 aromatic rings. The molecule has 1 unspecified atom stereocenters. The van der Waals surface area contributed by atoms with Crippen molar-refractivity contribution in [3.05, 3.63) is 47.3 Å². The molecule has 106 valence electrons. The molecule has 0 fully saturated rings. The third kappa shape index (κ3) is 5.33. The molecule has 0 saturated heterocycles. The highest BCUT2D eigenvalue weighted by molar-refractivity contribution is 6.30. The number of hydrogen-bond donors (Lipinski definition) is 1. The molecular formula is C16H23ClFN. The molecule has 0 amide bonds. The monoisotopic (exact) mass is 283 g/mol. The maximum Gasteiger partial charge on any atom is 0.142 e. The molecule has 1 atom stereocenters. The molecule has 3 heteroatoms. The third-order valence-corrected chi connectivity index (χ3v) is 3.47. The van der Waals surface area contributed by atoms with Gasteiger partial charge in [0, 0.05) is 12.0 Å². The van der Waals surface area contributed by atoms with Gasteiger partial charge in [0.1, 0.15) is 5.82 Å². The van der Waals surface area contributed by atoms with Crippen molar-refractivity contribution in [3.63, 3.8) is 0 Å². The highest BCUT2D eigenvalue weighted by Crippen LogP contribution is 2.25. The third-order valence-electron chi connectivity index (χ3n) is 3.17. The van der Waals surface area contributed by atoms with Crippen LogP contribution in [0, 0.1) is 17.2 Å². The summed E-state index contributed by atoms with van der Waals surface area (Å²) in [5, 5.41) is 3.60. The molecule has 0 bridgehead atoms. The predicted octanol–water partition coefficient (Wildman–Crippen LogP) is 4.46. The summed E-state index contributed by atoms with van der Waals surface area (Å²) >= 11 is 5.70. The fourth-order valence-electron chi connectivity index (χ4n) is 1.97. The Morgan fingerprint density at radius 1 is 1.47 bits per heavy atom. The molecule has 0 heterocycles. The number of hydrogen-bond acceptors (Lipinski definition) is 1. The van der Waals surface area contributed by atoms with Gasteiger partial charge in [0.2, 0.25) is 0 Å². The number of halogens is 2. The Morgan fingerprint density at radius 2 is 2.16 bits per heavy atom. The fourth-order valence-corrected chi connectivity index (χ4v) is 2.09. The van der Waals surface area contributed by atoms with Crippen LogP contribution in [0.3, 0.4) is 0 Å². The van der Waals surface area contributed by atoms with Crippen molar-refractivity contribution in [2.24, 2.45) is 11.3 Å². The minimum absolute atomic E-state index is 0.0881. The van der Waals surface area contributed by atoms with Crippen molar-refractivity contribution in [1.82, 2.24) is 5.32 Å². The molecule has 0 aromatic heterocycles. The summed E-state index contributed by atoms with van der Waals surface area (Å²) in [7, 11) is 0. The van der Waals surface area contributed by atoms with Crippen LogP contribution in [0.2, 0.25) is 5.02 Å². The molecular weight excluding hydrogens is 261 g/mol. The molecule has 1 aromatic carbocycles. The molecule has 0 radical (unpaired) electrons. The second-order valence-electron chi connectivity index (χ2n) is 5.81. The maximum absolute atomic E-state index is 13.4. The van der Waals surface area contributed by atoms with Gasteiger partial charge in [-0.05, 0) is 36.6 Å². The SMILES string of the molecule is C=CC(C)(CNCC(C)C)Cc1ccc(Cl)c(F)c1. The van der Waals surface area contributed by atoms with Crippen LogP contribution >= 0.6 is 11.6 Å². The molecule has 19 heavy (non-hydrogen) atoms. The Labute approximate surface area is 120 Å². The van der Waals surface area contributed by atoms with Crippen LogP contribution in [0.15, 0.2) is 30.9 Å². The molecule has 1 N–H and O–H groups in total. The zero-order valence-corrected chi connectivity index (χ0v) is 12.7. The van der Waals surface area contributed by atoms with Gasteiger partial charge in [-0.1, -0.05) is 44.5 Å². The normalized spacial score (nSPS) is 14.4. The van der Waals surface area contributed by atoms with Crippen molar-refractivity contribution in [2.45, 2.75) is 27.2 Å².